The van der Waals surface area contributed by atoms with E-state index in [4.69, 9.17) is 10.5 Å². The van der Waals surface area contributed by atoms with Crippen LogP contribution >= 0.6 is 11.8 Å². The van der Waals surface area contributed by atoms with E-state index in [-0.39, 0.29) is 0 Å². The van der Waals surface area contributed by atoms with Crippen molar-refractivity contribution in [3.05, 3.63) is 29.8 Å². The van der Waals surface area contributed by atoms with Gasteiger partial charge in [-0.15, -0.1) is 0 Å². The van der Waals surface area contributed by atoms with Crippen molar-refractivity contribution in [1.29, 1.82) is 0 Å². The summed E-state index contributed by atoms with van der Waals surface area (Å²) in [4.78, 5) is 0. The van der Waals surface area contributed by atoms with Gasteiger partial charge < -0.3 is 10.5 Å². The summed E-state index contributed by atoms with van der Waals surface area (Å²) in [7, 11) is 0. The van der Waals surface area contributed by atoms with Crippen LogP contribution in [0.25, 0.3) is 0 Å². The van der Waals surface area contributed by atoms with Crippen molar-refractivity contribution < 1.29 is 4.74 Å². The van der Waals surface area contributed by atoms with E-state index >= 15 is 0 Å². The molecule has 1 aromatic rings. The van der Waals surface area contributed by atoms with E-state index in [1.807, 2.05) is 36.0 Å². The summed E-state index contributed by atoms with van der Waals surface area (Å²) in [5.74, 6) is 7.74. The summed E-state index contributed by atoms with van der Waals surface area (Å²) in [6.45, 7) is 5.57. The Balaban J connectivity index is 2.38. The fourth-order valence-electron chi connectivity index (χ4n) is 1.34. The Morgan fingerprint density at radius 2 is 2.28 bits per heavy atom. The zero-order valence-corrected chi connectivity index (χ0v) is 11.9. The van der Waals surface area contributed by atoms with Crippen molar-refractivity contribution in [2.45, 2.75) is 25.5 Å². The molecule has 98 valence electrons. The van der Waals surface area contributed by atoms with Crippen LogP contribution in [-0.2, 0) is 0 Å². The minimum atomic E-state index is 0.386. The molecule has 18 heavy (non-hydrogen) atoms. The Labute approximate surface area is 114 Å². The van der Waals surface area contributed by atoms with Gasteiger partial charge in [0.05, 0.1) is 13.2 Å². The molecule has 0 amide bonds. The summed E-state index contributed by atoms with van der Waals surface area (Å²) < 4.78 is 5.70. The Kier molecular flexibility index (Phi) is 7.40. The maximum absolute atomic E-state index is 5.70. The number of ether oxygens (including phenoxy) is 1. The largest absolute Gasteiger partial charge is 0.493 e. The smallest absolute Gasteiger partial charge is 0.120 e. The predicted molar refractivity (Wildman–Crippen MR) is 80.1 cm³/mol. The SMILES string of the molecule is CCC(C)SCCOc1cccc(C#CCN)c1. The predicted octanol–water partition coefficient (Wildman–Crippen LogP) is 2.91. The molecule has 0 spiro atoms. The summed E-state index contributed by atoms with van der Waals surface area (Å²) in [6.07, 6.45) is 1.20. The minimum absolute atomic E-state index is 0.386. The average molecular weight is 263 g/mol. The van der Waals surface area contributed by atoms with E-state index < -0.39 is 0 Å². The number of rotatable bonds is 6. The molecule has 1 rings (SSSR count). The molecule has 0 aromatic heterocycles. The fraction of sp³-hybridized carbons (Fsp3) is 0.467. The molecular weight excluding hydrogens is 242 g/mol. The van der Waals surface area contributed by atoms with E-state index in [0.717, 1.165) is 23.7 Å². The van der Waals surface area contributed by atoms with Crippen molar-refractivity contribution in [3.63, 3.8) is 0 Å². The van der Waals surface area contributed by atoms with Gasteiger partial charge in [0.2, 0.25) is 0 Å². The second kappa shape index (κ2) is 8.91. The van der Waals surface area contributed by atoms with Gasteiger partial charge in [0.1, 0.15) is 5.75 Å². The summed E-state index contributed by atoms with van der Waals surface area (Å²) >= 11 is 1.94. The van der Waals surface area contributed by atoms with Gasteiger partial charge in [0.15, 0.2) is 0 Å². The van der Waals surface area contributed by atoms with Gasteiger partial charge in [-0.25, -0.2) is 0 Å². The fourth-order valence-corrected chi connectivity index (χ4v) is 2.16. The van der Waals surface area contributed by atoms with Crippen LogP contribution in [0.15, 0.2) is 24.3 Å². The summed E-state index contributed by atoms with van der Waals surface area (Å²) in [5.41, 5.74) is 6.30. The van der Waals surface area contributed by atoms with E-state index in [1.165, 1.54) is 6.42 Å². The average Bonchev–Trinajstić information content (AvgIpc) is 2.41. The van der Waals surface area contributed by atoms with Crippen LogP contribution < -0.4 is 10.5 Å². The number of hydrogen-bond donors (Lipinski definition) is 1. The van der Waals surface area contributed by atoms with Gasteiger partial charge in [-0.3, -0.25) is 0 Å². The van der Waals surface area contributed by atoms with Gasteiger partial charge in [-0.2, -0.15) is 11.8 Å². The number of hydrogen-bond acceptors (Lipinski definition) is 3. The van der Waals surface area contributed by atoms with Gasteiger partial charge in [-0.1, -0.05) is 31.8 Å². The van der Waals surface area contributed by atoms with Gasteiger partial charge in [-0.05, 0) is 24.6 Å². The topological polar surface area (TPSA) is 35.2 Å². The van der Waals surface area contributed by atoms with E-state index in [1.54, 1.807) is 0 Å². The van der Waals surface area contributed by atoms with Gasteiger partial charge >= 0.3 is 0 Å². The quantitative estimate of drug-likeness (QED) is 0.633. The molecule has 0 aliphatic heterocycles. The van der Waals surface area contributed by atoms with Crippen molar-refractivity contribution in [2.75, 3.05) is 18.9 Å². The molecule has 0 fully saturated rings. The third-order valence-electron chi connectivity index (χ3n) is 2.50. The molecule has 0 saturated heterocycles. The zero-order valence-electron chi connectivity index (χ0n) is 11.1. The molecule has 3 heteroatoms. The van der Waals surface area contributed by atoms with Crippen LogP contribution in [0.1, 0.15) is 25.8 Å². The molecule has 1 aromatic carbocycles. The molecule has 0 heterocycles. The highest BCUT2D eigenvalue weighted by Gasteiger charge is 1.99. The van der Waals surface area contributed by atoms with Crippen LogP contribution in [0.2, 0.25) is 0 Å². The summed E-state index contributed by atoms with van der Waals surface area (Å²) in [6, 6.07) is 7.83. The highest BCUT2D eigenvalue weighted by molar-refractivity contribution is 7.99. The Hall–Kier alpha value is -1.11. The molecule has 0 radical (unpaired) electrons. The lowest BCUT2D eigenvalue weighted by Crippen LogP contribution is -2.04. The molecule has 0 aliphatic carbocycles. The maximum atomic E-state index is 5.70. The second-order valence-corrected chi connectivity index (χ2v) is 5.52. The lowest BCUT2D eigenvalue weighted by molar-refractivity contribution is 0.343. The molecule has 2 nitrogen and oxygen atoms in total. The van der Waals surface area contributed by atoms with Crippen LogP contribution in [0.5, 0.6) is 5.75 Å². The maximum Gasteiger partial charge on any atom is 0.120 e. The van der Waals surface area contributed by atoms with E-state index in [0.29, 0.717) is 11.8 Å². The van der Waals surface area contributed by atoms with Crippen molar-refractivity contribution in [3.8, 4) is 17.6 Å². The molecule has 1 unspecified atom stereocenters. The molecular formula is C15H21NOS. The first-order valence-corrected chi connectivity index (χ1v) is 7.34. The highest BCUT2D eigenvalue weighted by Crippen LogP contribution is 2.15. The first kappa shape index (κ1) is 14.9. The zero-order chi connectivity index (χ0) is 13.2. The van der Waals surface area contributed by atoms with Gasteiger partial charge in [0, 0.05) is 16.6 Å². The van der Waals surface area contributed by atoms with Crippen LogP contribution in [0.4, 0.5) is 0 Å². The first-order valence-electron chi connectivity index (χ1n) is 6.29. The van der Waals surface area contributed by atoms with Crippen LogP contribution in [0.3, 0.4) is 0 Å². The highest BCUT2D eigenvalue weighted by atomic mass is 32.2. The molecule has 0 saturated carbocycles. The molecule has 1 atom stereocenters. The minimum Gasteiger partial charge on any atom is -0.493 e. The third kappa shape index (κ3) is 6.00. The van der Waals surface area contributed by atoms with Crippen molar-refractivity contribution in [2.24, 2.45) is 5.73 Å². The van der Waals surface area contributed by atoms with E-state index in [9.17, 15) is 0 Å². The number of nitrogens with two attached hydrogens (primary N) is 1. The first-order chi connectivity index (χ1) is 8.76. The lowest BCUT2D eigenvalue weighted by atomic mass is 10.2. The Bertz CT molecular complexity index is 408. The summed E-state index contributed by atoms with van der Waals surface area (Å²) in [5, 5.41) is 0.704. The number of thioether (sulfide) groups is 1. The number of benzene rings is 1. The standard InChI is InChI=1S/C15H21NOS/c1-3-13(2)18-11-10-17-15-8-4-6-14(12-15)7-5-9-16/h4,6,8,12-13H,3,9-11,16H2,1-2H3. The lowest BCUT2D eigenvalue weighted by Gasteiger charge is -2.09. The van der Waals surface area contributed by atoms with Gasteiger partial charge in [0.25, 0.3) is 0 Å². The monoisotopic (exact) mass is 263 g/mol. The van der Waals surface area contributed by atoms with Crippen molar-refractivity contribution >= 4 is 11.8 Å². The molecule has 2 N–H and O–H groups in total. The van der Waals surface area contributed by atoms with Crippen molar-refractivity contribution in [1.82, 2.24) is 0 Å². The molecule has 0 aliphatic rings. The van der Waals surface area contributed by atoms with E-state index in [2.05, 4.69) is 25.7 Å². The Morgan fingerprint density at radius 1 is 1.44 bits per heavy atom. The second-order valence-electron chi connectivity index (χ2n) is 3.97. The normalized spacial score (nSPS) is 11.5. The third-order valence-corrected chi connectivity index (χ3v) is 3.80. The Morgan fingerprint density at radius 3 is 3.00 bits per heavy atom. The van der Waals surface area contributed by atoms with Crippen LogP contribution in [-0.4, -0.2) is 24.2 Å². The molecule has 0 bridgehead atoms. The van der Waals surface area contributed by atoms with Crippen LogP contribution in [0, 0.1) is 11.8 Å².